The first kappa shape index (κ1) is 7.03. The van der Waals surface area contributed by atoms with E-state index in [1.165, 1.54) is 12.8 Å². The summed E-state index contributed by atoms with van der Waals surface area (Å²) in [5.41, 5.74) is 6.21. The van der Waals surface area contributed by atoms with Gasteiger partial charge in [-0.05, 0) is 18.3 Å². The number of hydrogen-bond acceptors (Lipinski definition) is 2. The minimum Gasteiger partial charge on any atom is -0.383 e. The molecule has 1 atom stereocenters. The van der Waals surface area contributed by atoms with Crippen molar-refractivity contribution < 1.29 is 4.74 Å². The lowest BCUT2D eigenvalue weighted by molar-refractivity contribution is 0.155. The Morgan fingerprint density at radius 1 is 1.67 bits per heavy atom. The number of hydrogen-bond donors (Lipinski definition) is 1. The molecule has 54 valence electrons. The van der Waals surface area contributed by atoms with E-state index >= 15 is 0 Å². The summed E-state index contributed by atoms with van der Waals surface area (Å²) in [7, 11) is 1.70. The summed E-state index contributed by atoms with van der Waals surface area (Å²) in [5.74, 6) is 0. The molecule has 0 bridgehead atoms. The first-order chi connectivity index (χ1) is 4.19. The van der Waals surface area contributed by atoms with Crippen LogP contribution in [-0.2, 0) is 4.74 Å². The van der Waals surface area contributed by atoms with Gasteiger partial charge in [-0.25, -0.2) is 0 Å². The lowest BCUT2D eigenvalue weighted by Gasteiger charge is -2.16. The second-order valence-electron chi connectivity index (χ2n) is 3.22. The van der Waals surface area contributed by atoms with E-state index in [-0.39, 0.29) is 6.04 Å². The Bertz CT molecular complexity index is 99.1. The standard InChI is InChI=1S/C7H15NO/c1-7(3-4-7)6(8)5-9-2/h6H,3-5,8H2,1-2H3/t6-/m0/s1. The molecule has 0 aromatic heterocycles. The molecule has 1 rings (SSSR count). The fourth-order valence-corrected chi connectivity index (χ4v) is 0.949. The number of methoxy groups -OCH3 is 1. The lowest BCUT2D eigenvalue weighted by Crippen LogP contribution is -2.33. The first-order valence-electron chi connectivity index (χ1n) is 3.43. The molecular weight excluding hydrogens is 114 g/mol. The van der Waals surface area contributed by atoms with Crippen molar-refractivity contribution in [2.75, 3.05) is 13.7 Å². The molecule has 2 nitrogen and oxygen atoms in total. The molecule has 1 saturated carbocycles. The van der Waals surface area contributed by atoms with Crippen LogP contribution in [0, 0.1) is 5.41 Å². The van der Waals surface area contributed by atoms with Crippen molar-refractivity contribution in [1.29, 1.82) is 0 Å². The summed E-state index contributed by atoms with van der Waals surface area (Å²) >= 11 is 0. The van der Waals surface area contributed by atoms with Crippen LogP contribution in [0.15, 0.2) is 0 Å². The summed E-state index contributed by atoms with van der Waals surface area (Å²) in [6.45, 7) is 2.92. The van der Waals surface area contributed by atoms with Crippen molar-refractivity contribution in [2.24, 2.45) is 11.1 Å². The zero-order valence-electron chi connectivity index (χ0n) is 6.18. The average Bonchev–Trinajstić information content (AvgIpc) is 2.50. The van der Waals surface area contributed by atoms with Gasteiger partial charge in [0.25, 0.3) is 0 Å². The van der Waals surface area contributed by atoms with E-state index in [1.807, 2.05) is 0 Å². The van der Waals surface area contributed by atoms with Crippen LogP contribution in [-0.4, -0.2) is 19.8 Å². The van der Waals surface area contributed by atoms with Gasteiger partial charge in [0.2, 0.25) is 0 Å². The molecule has 1 fully saturated rings. The van der Waals surface area contributed by atoms with Gasteiger partial charge >= 0.3 is 0 Å². The fourth-order valence-electron chi connectivity index (χ4n) is 0.949. The van der Waals surface area contributed by atoms with Crippen molar-refractivity contribution in [1.82, 2.24) is 0 Å². The average molecular weight is 129 g/mol. The van der Waals surface area contributed by atoms with Crippen molar-refractivity contribution in [2.45, 2.75) is 25.8 Å². The third-order valence-electron chi connectivity index (χ3n) is 2.28. The zero-order chi connectivity index (χ0) is 6.91. The van der Waals surface area contributed by atoms with Gasteiger partial charge in [0.05, 0.1) is 6.61 Å². The lowest BCUT2D eigenvalue weighted by atomic mass is 10.0. The Morgan fingerprint density at radius 2 is 2.22 bits per heavy atom. The molecule has 1 aliphatic rings. The van der Waals surface area contributed by atoms with E-state index in [2.05, 4.69) is 6.92 Å². The number of ether oxygens (including phenoxy) is 1. The zero-order valence-corrected chi connectivity index (χ0v) is 6.18. The molecule has 0 saturated heterocycles. The summed E-state index contributed by atoms with van der Waals surface area (Å²) in [6.07, 6.45) is 2.55. The second kappa shape index (κ2) is 2.27. The quantitative estimate of drug-likeness (QED) is 0.610. The number of nitrogens with two attached hydrogens (primary N) is 1. The van der Waals surface area contributed by atoms with Crippen LogP contribution < -0.4 is 5.73 Å². The van der Waals surface area contributed by atoms with Crippen molar-refractivity contribution >= 4 is 0 Å². The minimum atomic E-state index is 0.252. The topological polar surface area (TPSA) is 35.2 Å². The van der Waals surface area contributed by atoms with E-state index < -0.39 is 0 Å². The highest BCUT2D eigenvalue weighted by molar-refractivity contribution is 4.96. The highest BCUT2D eigenvalue weighted by atomic mass is 16.5. The van der Waals surface area contributed by atoms with Gasteiger partial charge < -0.3 is 10.5 Å². The molecule has 2 N–H and O–H groups in total. The minimum absolute atomic E-state index is 0.252. The summed E-state index contributed by atoms with van der Waals surface area (Å²) in [5, 5.41) is 0. The van der Waals surface area contributed by atoms with E-state index in [4.69, 9.17) is 10.5 Å². The molecule has 0 aromatic rings. The molecule has 0 spiro atoms. The normalized spacial score (nSPS) is 25.7. The van der Waals surface area contributed by atoms with Crippen molar-refractivity contribution in [3.05, 3.63) is 0 Å². The van der Waals surface area contributed by atoms with Crippen molar-refractivity contribution in [3.63, 3.8) is 0 Å². The van der Waals surface area contributed by atoms with E-state index in [0.717, 1.165) is 0 Å². The highest BCUT2D eigenvalue weighted by Gasteiger charge is 2.42. The first-order valence-corrected chi connectivity index (χ1v) is 3.43. The van der Waals surface area contributed by atoms with Crippen LogP contribution in [0.5, 0.6) is 0 Å². The molecular formula is C7H15NO. The highest BCUT2D eigenvalue weighted by Crippen LogP contribution is 2.47. The molecule has 0 radical (unpaired) electrons. The summed E-state index contributed by atoms with van der Waals surface area (Å²) in [6, 6.07) is 0.252. The SMILES string of the molecule is COC[C@H](N)C1(C)CC1. The fraction of sp³-hybridized carbons (Fsp3) is 1.00. The van der Waals surface area contributed by atoms with Gasteiger partial charge in [-0.2, -0.15) is 0 Å². The van der Waals surface area contributed by atoms with Gasteiger partial charge in [-0.15, -0.1) is 0 Å². The van der Waals surface area contributed by atoms with E-state index in [1.54, 1.807) is 7.11 Å². The van der Waals surface area contributed by atoms with Crippen LogP contribution in [0.1, 0.15) is 19.8 Å². The van der Waals surface area contributed by atoms with Crippen molar-refractivity contribution in [3.8, 4) is 0 Å². The van der Waals surface area contributed by atoms with Crippen LogP contribution in [0.3, 0.4) is 0 Å². The second-order valence-corrected chi connectivity index (χ2v) is 3.22. The van der Waals surface area contributed by atoms with E-state index in [9.17, 15) is 0 Å². The molecule has 0 aliphatic heterocycles. The van der Waals surface area contributed by atoms with Gasteiger partial charge in [0.15, 0.2) is 0 Å². The smallest absolute Gasteiger partial charge is 0.0619 e. The maximum absolute atomic E-state index is 5.80. The summed E-state index contributed by atoms with van der Waals surface area (Å²) < 4.78 is 4.95. The third kappa shape index (κ3) is 1.43. The Morgan fingerprint density at radius 3 is 2.56 bits per heavy atom. The largest absolute Gasteiger partial charge is 0.383 e. The predicted molar refractivity (Wildman–Crippen MR) is 37.2 cm³/mol. The summed E-state index contributed by atoms with van der Waals surface area (Å²) in [4.78, 5) is 0. The molecule has 9 heavy (non-hydrogen) atoms. The number of rotatable bonds is 3. The van der Waals surface area contributed by atoms with Crippen LogP contribution in [0.2, 0.25) is 0 Å². The Hall–Kier alpha value is -0.0800. The van der Waals surface area contributed by atoms with Crippen LogP contribution in [0.4, 0.5) is 0 Å². The molecule has 0 aromatic carbocycles. The molecule has 0 unspecified atom stereocenters. The Labute approximate surface area is 56.4 Å². The Balaban J connectivity index is 2.24. The van der Waals surface area contributed by atoms with E-state index in [0.29, 0.717) is 12.0 Å². The van der Waals surface area contributed by atoms with Gasteiger partial charge in [-0.1, -0.05) is 6.92 Å². The van der Waals surface area contributed by atoms with Gasteiger partial charge in [0, 0.05) is 13.2 Å². The molecule has 2 heteroatoms. The maximum Gasteiger partial charge on any atom is 0.0619 e. The third-order valence-corrected chi connectivity index (χ3v) is 2.28. The molecule has 0 heterocycles. The van der Waals surface area contributed by atoms with Crippen LogP contribution in [0.25, 0.3) is 0 Å². The van der Waals surface area contributed by atoms with Crippen LogP contribution >= 0.6 is 0 Å². The Kier molecular flexibility index (Phi) is 1.78. The van der Waals surface area contributed by atoms with Gasteiger partial charge in [0.1, 0.15) is 0 Å². The monoisotopic (exact) mass is 129 g/mol. The molecule has 0 amide bonds. The van der Waals surface area contributed by atoms with Gasteiger partial charge in [-0.3, -0.25) is 0 Å². The molecule has 1 aliphatic carbocycles. The predicted octanol–water partition coefficient (Wildman–Crippen LogP) is 0.760. The maximum atomic E-state index is 5.80.